The fraction of sp³-hybridized carbons (Fsp3) is 0.727. The average Bonchev–Trinajstić information content (AvgIpc) is 2.71. The van der Waals surface area contributed by atoms with Gasteiger partial charge in [0.1, 0.15) is 0 Å². The van der Waals surface area contributed by atoms with Gasteiger partial charge in [-0.2, -0.15) is 0 Å². The van der Waals surface area contributed by atoms with Gasteiger partial charge in [-0.1, -0.05) is 11.6 Å². The second-order valence-corrected chi connectivity index (χ2v) is 4.64. The molecule has 0 atom stereocenters. The molecular formula is C11H19N5O. The van der Waals surface area contributed by atoms with E-state index >= 15 is 0 Å². The molecule has 1 aliphatic rings. The van der Waals surface area contributed by atoms with E-state index in [9.17, 15) is 4.79 Å². The molecule has 0 aromatic carbocycles. The number of hydrogen-bond donors (Lipinski definition) is 1. The molecule has 0 saturated heterocycles. The maximum atomic E-state index is 12.0. The molecule has 0 spiro atoms. The zero-order valence-electron chi connectivity index (χ0n) is 10.2. The third-order valence-electron chi connectivity index (χ3n) is 3.22. The van der Waals surface area contributed by atoms with Gasteiger partial charge < -0.3 is 10.6 Å². The molecule has 0 radical (unpaired) electrons. The Bertz CT molecular complexity index is 385. The zero-order chi connectivity index (χ0) is 12.3. The van der Waals surface area contributed by atoms with E-state index in [2.05, 4.69) is 10.3 Å². The van der Waals surface area contributed by atoms with E-state index in [0.717, 1.165) is 6.54 Å². The molecule has 6 nitrogen and oxygen atoms in total. The molecule has 2 N–H and O–H groups in total. The van der Waals surface area contributed by atoms with Gasteiger partial charge in [0.25, 0.3) is 5.91 Å². The van der Waals surface area contributed by atoms with Crippen LogP contribution in [-0.2, 0) is 6.54 Å². The molecule has 1 aromatic rings. The minimum atomic E-state index is -0.0554. The minimum Gasteiger partial charge on any atom is -0.340 e. The number of carbonyl (C=O) groups is 1. The molecule has 1 aliphatic carbocycles. The van der Waals surface area contributed by atoms with Crippen LogP contribution in [0.2, 0.25) is 0 Å². The average molecular weight is 237 g/mol. The fourth-order valence-corrected chi connectivity index (χ4v) is 1.98. The highest BCUT2D eigenvalue weighted by atomic mass is 16.2. The summed E-state index contributed by atoms with van der Waals surface area (Å²) < 4.78 is 1.60. The van der Waals surface area contributed by atoms with Crippen LogP contribution in [0.4, 0.5) is 0 Å². The largest absolute Gasteiger partial charge is 0.340 e. The Morgan fingerprint density at radius 3 is 3.00 bits per heavy atom. The molecule has 1 aromatic heterocycles. The number of rotatable bonds is 5. The first-order valence-corrected chi connectivity index (χ1v) is 6.06. The van der Waals surface area contributed by atoms with Gasteiger partial charge >= 0.3 is 0 Å². The van der Waals surface area contributed by atoms with Gasteiger partial charge in [0.05, 0.1) is 12.7 Å². The van der Waals surface area contributed by atoms with Crippen molar-refractivity contribution < 1.29 is 4.79 Å². The predicted molar refractivity (Wildman–Crippen MR) is 63.4 cm³/mol. The summed E-state index contributed by atoms with van der Waals surface area (Å²) in [5, 5.41) is 7.73. The topological polar surface area (TPSA) is 77.0 Å². The summed E-state index contributed by atoms with van der Waals surface area (Å²) in [6.07, 6.45) is 5.42. The summed E-state index contributed by atoms with van der Waals surface area (Å²) in [5.74, 6) is 0.614. The summed E-state index contributed by atoms with van der Waals surface area (Å²) in [4.78, 5) is 13.8. The Morgan fingerprint density at radius 1 is 1.65 bits per heavy atom. The van der Waals surface area contributed by atoms with Crippen LogP contribution in [0.15, 0.2) is 6.20 Å². The van der Waals surface area contributed by atoms with E-state index in [1.165, 1.54) is 19.3 Å². The van der Waals surface area contributed by atoms with Crippen molar-refractivity contribution in [1.29, 1.82) is 0 Å². The van der Waals surface area contributed by atoms with Gasteiger partial charge in [-0.3, -0.25) is 9.48 Å². The lowest BCUT2D eigenvalue weighted by Crippen LogP contribution is -2.34. The molecule has 1 fully saturated rings. The van der Waals surface area contributed by atoms with Crippen LogP contribution in [-0.4, -0.2) is 45.9 Å². The van der Waals surface area contributed by atoms with Gasteiger partial charge in [0.15, 0.2) is 5.69 Å². The molecule has 94 valence electrons. The van der Waals surface area contributed by atoms with E-state index in [-0.39, 0.29) is 5.91 Å². The first-order chi connectivity index (χ1) is 8.20. The minimum absolute atomic E-state index is 0.0554. The normalized spacial score (nSPS) is 15.6. The van der Waals surface area contributed by atoms with Gasteiger partial charge in [-0.05, 0) is 18.8 Å². The first-order valence-electron chi connectivity index (χ1n) is 6.06. The number of amides is 1. The van der Waals surface area contributed by atoms with E-state index in [1.54, 1.807) is 15.8 Å². The van der Waals surface area contributed by atoms with Crippen molar-refractivity contribution in [3.8, 4) is 0 Å². The third-order valence-corrected chi connectivity index (χ3v) is 3.22. The number of hydrogen-bond acceptors (Lipinski definition) is 4. The van der Waals surface area contributed by atoms with E-state index in [0.29, 0.717) is 24.7 Å². The number of nitrogens with zero attached hydrogens (tertiary/aromatic N) is 4. The Morgan fingerprint density at radius 2 is 2.41 bits per heavy atom. The number of carbonyl (C=O) groups excluding carboxylic acids is 1. The molecule has 1 saturated carbocycles. The third kappa shape index (κ3) is 2.82. The molecule has 0 bridgehead atoms. The zero-order valence-corrected chi connectivity index (χ0v) is 10.2. The molecule has 1 amide bonds. The van der Waals surface area contributed by atoms with Crippen molar-refractivity contribution >= 4 is 5.91 Å². The summed E-state index contributed by atoms with van der Waals surface area (Å²) >= 11 is 0. The van der Waals surface area contributed by atoms with Crippen LogP contribution < -0.4 is 5.73 Å². The van der Waals surface area contributed by atoms with Crippen LogP contribution in [0.1, 0.15) is 29.8 Å². The highest BCUT2D eigenvalue weighted by Gasteiger charge is 2.23. The van der Waals surface area contributed by atoms with Crippen molar-refractivity contribution in [2.24, 2.45) is 11.7 Å². The Balaban J connectivity index is 1.92. The summed E-state index contributed by atoms with van der Waals surface area (Å²) in [6, 6.07) is 0. The van der Waals surface area contributed by atoms with Crippen molar-refractivity contribution in [3.63, 3.8) is 0 Å². The molecule has 2 rings (SSSR count). The molecular weight excluding hydrogens is 218 g/mol. The summed E-state index contributed by atoms with van der Waals surface area (Å²) in [6.45, 7) is 1.91. The Kier molecular flexibility index (Phi) is 3.73. The molecule has 1 heterocycles. The van der Waals surface area contributed by atoms with Crippen LogP contribution in [0, 0.1) is 5.92 Å². The lowest BCUT2D eigenvalue weighted by atomic mass is 9.85. The van der Waals surface area contributed by atoms with Crippen molar-refractivity contribution in [3.05, 3.63) is 11.9 Å². The lowest BCUT2D eigenvalue weighted by Gasteiger charge is -2.29. The number of nitrogens with two attached hydrogens (primary N) is 1. The van der Waals surface area contributed by atoms with Gasteiger partial charge in [-0.25, -0.2) is 0 Å². The summed E-state index contributed by atoms with van der Waals surface area (Å²) in [5.41, 5.74) is 5.82. The molecule has 0 unspecified atom stereocenters. The van der Waals surface area contributed by atoms with Gasteiger partial charge in [0.2, 0.25) is 0 Å². The van der Waals surface area contributed by atoms with Crippen LogP contribution >= 0.6 is 0 Å². The standard InChI is InChI=1S/C11H19N5O/c1-15(7-9-3-2-4-9)11(17)10-8-16(6-5-12)14-13-10/h8-9H,2-7,12H2,1H3. The van der Waals surface area contributed by atoms with Crippen LogP contribution in [0.3, 0.4) is 0 Å². The maximum absolute atomic E-state index is 12.0. The molecule has 17 heavy (non-hydrogen) atoms. The first kappa shape index (κ1) is 12.0. The number of aromatic nitrogens is 3. The second kappa shape index (κ2) is 5.27. The van der Waals surface area contributed by atoms with Crippen LogP contribution in [0.5, 0.6) is 0 Å². The smallest absolute Gasteiger partial charge is 0.275 e. The van der Waals surface area contributed by atoms with E-state index in [4.69, 9.17) is 5.73 Å². The second-order valence-electron chi connectivity index (χ2n) is 4.64. The highest BCUT2D eigenvalue weighted by molar-refractivity contribution is 5.91. The monoisotopic (exact) mass is 237 g/mol. The van der Waals surface area contributed by atoms with Crippen molar-refractivity contribution in [1.82, 2.24) is 19.9 Å². The molecule has 0 aliphatic heterocycles. The fourth-order valence-electron chi connectivity index (χ4n) is 1.98. The Hall–Kier alpha value is -1.43. The van der Waals surface area contributed by atoms with Crippen molar-refractivity contribution in [2.45, 2.75) is 25.8 Å². The van der Waals surface area contributed by atoms with E-state index < -0.39 is 0 Å². The predicted octanol–water partition coefficient (Wildman–Crippen LogP) is 0.109. The van der Waals surface area contributed by atoms with E-state index in [1.807, 2.05) is 7.05 Å². The maximum Gasteiger partial charge on any atom is 0.275 e. The van der Waals surface area contributed by atoms with Crippen molar-refractivity contribution in [2.75, 3.05) is 20.1 Å². The van der Waals surface area contributed by atoms with Crippen LogP contribution in [0.25, 0.3) is 0 Å². The van der Waals surface area contributed by atoms with Gasteiger partial charge in [0, 0.05) is 20.1 Å². The Labute approximate surface area is 101 Å². The SMILES string of the molecule is CN(CC1CCC1)C(=O)c1cn(CCN)nn1. The van der Waals surface area contributed by atoms with Gasteiger partial charge in [-0.15, -0.1) is 5.10 Å². The highest BCUT2D eigenvalue weighted by Crippen LogP contribution is 2.26. The lowest BCUT2D eigenvalue weighted by molar-refractivity contribution is 0.0739. The molecule has 6 heteroatoms. The summed E-state index contributed by atoms with van der Waals surface area (Å²) in [7, 11) is 1.82. The quantitative estimate of drug-likeness (QED) is 0.788.